The first-order valence-corrected chi connectivity index (χ1v) is 0. The average molecular weight is 784 g/mol. The second-order valence-corrected chi connectivity index (χ2v) is 0. The Balaban J connectivity index is 0. The van der Waals surface area contributed by atoms with E-state index in [-0.39, 0.29) is 196 Å². The van der Waals surface area contributed by atoms with E-state index in [0.29, 0.717) is 0 Å². The Morgan fingerprint density at radius 1 is 0.714 bits per heavy atom. The number of hydrogen-bond donors (Lipinski definition) is 0. The van der Waals surface area contributed by atoms with Crippen molar-refractivity contribution in [1.29, 1.82) is 0 Å². The van der Waals surface area contributed by atoms with E-state index in [2.05, 4.69) is 0 Å². The molecule has 0 fully saturated rings. The Labute approximate surface area is 190 Å². The van der Waals surface area contributed by atoms with E-state index in [4.69, 9.17) is 0 Å². The van der Waals surface area contributed by atoms with Crippen molar-refractivity contribution in [1.82, 2.24) is 0 Å². The summed E-state index contributed by atoms with van der Waals surface area (Å²) in [5.41, 5.74) is 0. The first kappa shape index (κ1) is 51.4. The van der Waals surface area contributed by atoms with Crippen molar-refractivity contribution in [3.05, 3.63) is 0 Å². The molecule has 0 atom stereocenters. The van der Waals surface area contributed by atoms with E-state index in [1.165, 1.54) is 0 Å². The molecule has 0 amide bonds. The Morgan fingerprint density at radius 2 is 0.714 bits per heavy atom. The summed E-state index contributed by atoms with van der Waals surface area (Å²) in [6.45, 7) is 0. The van der Waals surface area contributed by atoms with Crippen molar-refractivity contribution in [2.75, 3.05) is 0 Å². The molecular weight excluding hydrogens is 781 g/mol. The van der Waals surface area contributed by atoms with E-state index in [9.17, 15) is 0 Å². The largest absolute Gasteiger partial charge is 0.147 e. The summed E-state index contributed by atoms with van der Waals surface area (Å²) in [6, 6.07) is 0. The van der Waals surface area contributed by atoms with Gasteiger partial charge in [-0.3, -0.25) is 0 Å². The van der Waals surface area contributed by atoms with Crippen LogP contribution in [-0.2, 0) is 0 Å². The SMILES string of the molecule is Cl.Cl.Cl.[Er].[Ho].[Tm].[Yb]. The zero-order valence-electron chi connectivity index (χ0n) is 2.36. The molecule has 0 N–H and O–H groups in total. The van der Waals surface area contributed by atoms with Crippen LogP contribution in [0.2, 0.25) is 0 Å². The van der Waals surface area contributed by atoms with E-state index in [0.717, 1.165) is 0 Å². The van der Waals surface area contributed by atoms with Gasteiger partial charge in [0.05, 0.1) is 0 Å². The molecule has 0 aromatic rings. The summed E-state index contributed by atoms with van der Waals surface area (Å²) < 4.78 is 0. The van der Waals surface area contributed by atoms with Gasteiger partial charge in [0.1, 0.15) is 0 Å². The van der Waals surface area contributed by atoms with Gasteiger partial charge in [-0.2, -0.15) is 0 Å². The summed E-state index contributed by atoms with van der Waals surface area (Å²) in [5, 5.41) is 0. The normalized spacial score (nSPS) is 0. The fourth-order valence-corrected chi connectivity index (χ4v) is 0. The summed E-state index contributed by atoms with van der Waals surface area (Å²) in [7, 11) is 0. The fraction of sp³-hybridized carbons (Fsp3) is 0. The molecule has 0 aromatic heterocycles. The van der Waals surface area contributed by atoms with Gasteiger partial charge in [0.15, 0.2) is 0 Å². The minimum atomic E-state index is 0. The minimum Gasteiger partial charge on any atom is -0.147 e. The second-order valence-electron chi connectivity index (χ2n) is 0. The van der Waals surface area contributed by atoms with Crippen LogP contribution in [0.25, 0.3) is 0 Å². The molecule has 0 rings (SSSR count). The molecule has 0 unspecified atom stereocenters. The van der Waals surface area contributed by atoms with Crippen molar-refractivity contribution >= 4 is 37.2 Å². The van der Waals surface area contributed by atoms with Gasteiger partial charge in [0.25, 0.3) is 0 Å². The maximum absolute atomic E-state index is 0. The summed E-state index contributed by atoms with van der Waals surface area (Å²) in [4.78, 5) is 0. The van der Waals surface area contributed by atoms with Gasteiger partial charge in [-0.05, 0) is 0 Å². The van der Waals surface area contributed by atoms with Crippen molar-refractivity contribution in [2.45, 2.75) is 0 Å². The molecule has 0 nitrogen and oxygen atoms in total. The van der Waals surface area contributed by atoms with E-state index in [1.807, 2.05) is 0 Å². The van der Waals surface area contributed by atoms with Gasteiger partial charge < -0.3 is 0 Å². The van der Waals surface area contributed by atoms with Gasteiger partial charge >= 0.3 is 0 Å². The minimum absolute atomic E-state index is 0. The second kappa shape index (κ2) is 40.0. The Morgan fingerprint density at radius 3 is 0.714 bits per heavy atom. The summed E-state index contributed by atoms with van der Waals surface area (Å²) >= 11 is 0. The molecule has 74 valence electrons. The predicted molar refractivity (Wildman–Crippen MR) is 21.7 cm³/mol. The number of rotatable bonds is 0. The smallest absolute Gasteiger partial charge is 0 e. The molecule has 0 heterocycles. The van der Waals surface area contributed by atoms with Crippen molar-refractivity contribution in [3.63, 3.8) is 0 Å². The van der Waals surface area contributed by atoms with Crippen LogP contribution in [-0.4, -0.2) is 0 Å². The first-order valence-electron chi connectivity index (χ1n) is 0. The molecule has 0 aliphatic carbocycles. The fourth-order valence-electron chi connectivity index (χ4n) is 0. The zero-order chi connectivity index (χ0) is 0. The number of hydrogen-bond acceptors (Lipinski definition) is 0. The van der Waals surface area contributed by atoms with Crippen LogP contribution in [0.4, 0.5) is 0 Å². The Bertz CT molecular complexity index is 14.9. The maximum Gasteiger partial charge on any atom is 0 e. The molecule has 0 aromatic carbocycles. The van der Waals surface area contributed by atoms with E-state index < -0.39 is 0 Å². The molecular formula is H3Cl3ErHoTmYb. The van der Waals surface area contributed by atoms with Gasteiger partial charge in [-0.1, -0.05) is 0 Å². The monoisotopic (exact) mass is 782 g/mol. The van der Waals surface area contributed by atoms with Crippen LogP contribution < -0.4 is 0 Å². The predicted octanol–water partition coefficient (Wildman–Crippen LogP) is 1.27. The van der Waals surface area contributed by atoms with E-state index >= 15 is 0 Å². The third-order valence-corrected chi connectivity index (χ3v) is 0. The van der Waals surface area contributed by atoms with Crippen molar-refractivity contribution < 1.29 is 159 Å². The Kier molecular flexibility index (Phi) is 294. The molecule has 0 aliphatic heterocycles. The molecule has 0 spiro atoms. The van der Waals surface area contributed by atoms with Gasteiger partial charge in [-0.15, -0.1) is 37.2 Å². The van der Waals surface area contributed by atoms with Crippen LogP contribution >= 0.6 is 37.2 Å². The topological polar surface area (TPSA) is 0 Å². The molecule has 7 heavy (non-hydrogen) atoms. The van der Waals surface area contributed by atoms with Crippen molar-refractivity contribution in [2.24, 2.45) is 0 Å². The third kappa shape index (κ3) is 33.1. The number of halogens is 3. The standard InChI is InChI=1S/3ClH.Er.Ho.Tm.Yb/h3*1H;;;;. The summed E-state index contributed by atoms with van der Waals surface area (Å²) in [5.74, 6) is 0. The van der Waals surface area contributed by atoms with Gasteiger partial charge in [0.2, 0.25) is 0 Å². The summed E-state index contributed by atoms with van der Waals surface area (Å²) in [6.07, 6.45) is 0. The Hall–Kier alpha value is 6.13. The zero-order valence-corrected chi connectivity index (χ0v) is 12.1. The van der Waals surface area contributed by atoms with Gasteiger partial charge in [0, 0.05) is 159 Å². The molecule has 0 aliphatic rings. The van der Waals surface area contributed by atoms with Gasteiger partial charge in [-0.25, -0.2) is 0 Å². The molecule has 0 saturated carbocycles. The van der Waals surface area contributed by atoms with E-state index in [1.54, 1.807) is 0 Å². The quantitative estimate of drug-likeness (QED) is 0.326. The molecule has 2 radical (unpaired) electrons. The molecule has 0 saturated heterocycles. The van der Waals surface area contributed by atoms with Crippen LogP contribution in [0.1, 0.15) is 0 Å². The van der Waals surface area contributed by atoms with Crippen LogP contribution in [0.15, 0.2) is 0 Å². The maximum atomic E-state index is 0. The third-order valence-electron chi connectivity index (χ3n) is 0. The van der Waals surface area contributed by atoms with Crippen LogP contribution in [0.5, 0.6) is 0 Å². The van der Waals surface area contributed by atoms with Crippen LogP contribution in [0, 0.1) is 159 Å². The van der Waals surface area contributed by atoms with Crippen LogP contribution in [0.3, 0.4) is 0 Å². The van der Waals surface area contributed by atoms with Crippen molar-refractivity contribution in [3.8, 4) is 0 Å². The first-order chi connectivity index (χ1) is 0. The molecule has 0 bridgehead atoms. The average Bonchev–Trinajstić information content (AvgIpc) is 0. The molecule has 7 heteroatoms.